The normalized spacial score (nSPS) is 16.7. The van der Waals surface area contributed by atoms with Crippen molar-refractivity contribution in [3.8, 4) is 11.8 Å². The lowest BCUT2D eigenvalue weighted by molar-refractivity contribution is 0.0849. The van der Waals surface area contributed by atoms with Crippen LogP contribution in [0.25, 0.3) is 0 Å². The van der Waals surface area contributed by atoms with Gasteiger partial charge in [-0.25, -0.2) is 4.79 Å². The average Bonchev–Trinajstić information content (AvgIpc) is 3.07. The maximum Gasteiger partial charge on any atom is 0.322 e. The topological polar surface area (TPSA) is 74.6 Å². The zero-order valence-electron chi connectivity index (χ0n) is 13.7. The molecule has 124 valence electrons. The molecule has 6 heteroatoms. The van der Waals surface area contributed by atoms with E-state index in [-0.39, 0.29) is 12.1 Å². The van der Waals surface area contributed by atoms with Gasteiger partial charge in [-0.1, -0.05) is 0 Å². The number of rotatable bonds is 6. The standard InChI is InChI=1S/C17H23N3O3/c1-3-20(12-14-6-5-9-23-14)17(21)19-15-10-13(11-18)7-8-16(15)22-4-2/h7-8,10,14H,3-6,9,12H2,1-2H3,(H,19,21)/t14-/m1/s1. The fraction of sp³-hybridized carbons (Fsp3) is 0.529. The lowest BCUT2D eigenvalue weighted by Gasteiger charge is -2.24. The van der Waals surface area contributed by atoms with Crippen LogP contribution >= 0.6 is 0 Å². The highest BCUT2D eigenvalue weighted by Gasteiger charge is 2.22. The van der Waals surface area contributed by atoms with Gasteiger partial charge in [0.05, 0.1) is 30.0 Å². The van der Waals surface area contributed by atoms with Gasteiger partial charge in [0.2, 0.25) is 0 Å². The van der Waals surface area contributed by atoms with Gasteiger partial charge in [0.15, 0.2) is 0 Å². The number of nitrogens with one attached hydrogen (secondary N) is 1. The minimum absolute atomic E-state index is 0.109. The molecule has 0 aliphatic carbocycles. The Kier molecular flexibility index (Phi) is 6.24. The molecule has 23 heavy (non-hydrogen) atoms. The van der Waals surface area contributed by atoms with Crippen LogP contribution in [0.1, 0.15) is 32.3 Å². The van der Waals surface area contributed by atoms with Crippen molar-refractivity contribution in [3.05, 3.63) is 23.8 Å². The number of ether oxygens (including phenoxy) is 2. The average molecular weight is 317 g/mol. The summed E-state index contributed by atoms with van der Waals surface area (Å²) in [4.78, 5) is 14.2. The van der Waals surface area contributed by atoms with Crippen LogP contribution in [0, 0.1) is 11.3 Å². The molecule has 0 unspecified atom stereocenters. The monoisotopic (exact) mass is 317 g/mol. The highest BCUT2D eigenvalue weighted by atomic mass is 16.5. The summed E-state index contributed by atoms with van der Waals surface area (Å²) < 4.78 is 11.1. The van der Waals surface area contributed by atoms with E-state index < -0.39 is 0 Å². The van der Waals surface area contributed by atoms with E-state index in [9.17, 15) is 4.79 Å². The SMILES string of the molecule is CCOc1ccc(C#N)cc1NC(=O)N(CC)C[C@H]1CCCO1. The van der Waals surface area contributed by atoms with Gasteiger partial charge in [0, 0.05) is 19.7 Å². The first-order valence-electron chi connectivity index (χ1n) is 8.02. The van der Waals surface area contributed by atoms with Crippen LogP contribution in [0.5, 0.6) is 5.75 Å². The van der Waals surface area contributed by atoms with Crippen LogP contribution < -0.4 is 10.1 Å². The number of anilines is 1. The minimum atomic E-state index is -0.209. The van der Waals surface area contributed by atoms with E-state index in [0.717, 1.165) is 19.4 Å². The molecule has 6 nitrogen and oxygen atoms in total. The number of carbonyl (C=O) groups is 1. The van der Waals surface area contributed by atoms with E-state index in [0.29, 0.717) is 36.7 Å². The van der Waals surface area contributed by atoms with Crippen molar-refractivity contribution in [2.24, 2.45) is 0 Å². The van der Waals surface area contributed by atoms with Crippen molar-refractivity contribution in [2.45, 2.75) is 32.8 Å². The number of hydrogen-bond acceptors (Lipinski definition) is 4. The number of urea groups is 1. The van der Waals surface area contributed by atoms with Crippen LogP contribution in [0.2, 0.25) is 0 Å². The Morgan fingerprint density at radius 1 is 1.52 bits per heavy atom. The van der Waals surface area contributed by atoms with Crippen molar-refractivity contribution >= 4 is 11.7 Å². The summed E-state index contributed by atoms with van der Waals surface area (Å²) in [7, 11) is 0. The number of benzene rings is 1. The lowest BCUT2D eigenvalue weighted by atomic mass is 10.2. The number of carbonyl (C=O) groups excluding carboxylic acids is 1. The first-order chi connectivity index (χ1) is 11.2. The molecule has 0 radical (unpaired) electrons. The predicted molar refractivity (Wildman–Crippen MR) is 87.6 cm³/mol. The molecule has 1 saturated heterocycles. The van der Waals surface area contributed by atoms with E-state index in [1.54, 1.807) is 23.1 Å². The van der Waals surface area contributed by atoms with Crippen LogP contribution in [-0.4, -0.2) is 43.3 Å². The highest BCUT2D eigenvalue weighted by Crippen LogP contribution is 2.26. The van der Waals surface area contributed by atoms with Gasteiger partial charge in [-0.2, -0.15) is 5.26 Å². The van der Waals surface area contributed by atoms with Gasteiger partial charge < -0.3 is 19.7 Å². The van der Waals surface area contributed by atoms with Gasteiger partial charge in [-0.05, 0) is 44.9 Å². The Hall–Kier alpha value is -2.26. The molecule has 2 rings (SSSR count). The van der Waals surface area contributed by atoms with E-state index in [4.69, 9.17) is 14.7 Å². The molecule has 1 aromatic rings. The molecule has 1 aromatic carbocycles. The van der Waals surface area contributed by atoms with Crippen LogP contribution in [-0.2, 0) is 4.74 Å². The fourth-order valence-corrected chi connectivity index (χ4v) is 2.56. The zero-order chi connectivity index (χ0) is 16.7. The minimum Gasteiger partial charge on any atom is -0.492 e. The van der Waals surface area contributed by atoms with Gasteiger partial charge in [-0.3, -0.25) is 0 Å². The Morgan fingerprint density at radius 2 is 2.35 bits per heavy atom. The summed E-state index contributed by atoms with van der Waals surface area (Å²) in [5.74, 6) is 0.563. The van der Waals surface area contributed by atoms with Crippen molar-refractivity contribution in [1.29, 1.82) is 5.26 Å². The maximum absolute atomic E-state index is 12.5. The van der Waals surface area contributed by atoms with Crippen molar-refractivity contribution in [1.82, 2.24) is 4.90 Å². The van der Waals surface area contributed by atoms with E-state index in [1.807, 2.05) is 13.8 Å². The van der Waals surface area contributed by atoms with Crippen LogP contribution in [0.4, 0.5) is 10.5 Å². The molecule has 1 heterocycles. The van der Waals surface area contributed by atoms with Gasteiger partial charge in [0.25, 0.3) is 0 Å². The number of nitrogens with zero attached hydrogens (tertiary/aromatic N) is 2. The number of amides is 2. The molecule has 1 aliphatic rings. The second kappa shape index (κ2) is 8.39. The second-order valence-electron chi connectivity index (χ2n) is 5.36. The smallest absolute Gasteiger partial charge is 0.322 e. The summed E-state index contributed by atoms with van der Waals surface area (Å²) in [5, 5.41) is 11.9. The molecule has 0 aromatic heterocycles. The molecular formula is C17H23N3O3. The van der Waals surface area contributed by atoms with Crippen molar-refractivity contribution in [3.63, 3.8) is 0 Å². The Morgan fingerprint density at radius 3 is 2.96 bits per heavy atom. The quantitative estimate of drug-likeness (QED) is 0.875. The van der Waals surface area contributed by atoms with Crippen molar-refractivity contribution in [2.75, 3.05) is 31.6 Å². The Balaban J connectivity index is 2.08. The fourth-order valence-electron chi connectivity index (χ4n) is 2.56. The first kappa shape index (κ1) is 17.1. The zero-order valence-corrected chi connectivity index (χ0v) is 13.7. The summed E-state index contributed by atoms with van der Waals surface area (Å²) in [6.45, 7) is 6.23. The second-order valence-corrected chi connectivity index (χ2v) is 5.36. The van der Waals surface area contributed by atoms with Crippen molar-refractivity contribution < 1.29 is 14.3 Å². The molecule has 1 atom stereocenters. The summed E-state index contributed by atoms with van der Waals surface area (Å²) in [6.07, 6.45) is 2.14. The highest BCUT2D eigenvalue weighted by molar-refractivity contribution is 5.91. The van der Waals surface area contributed by atoms with E-state index in [2.05, 4.69) is 11.4 Å². The van der Waals surface area contributed by atoms with Crippen LogP contribution in [0.3, 0.4) is 0 Å². The number of hydrogen-bond donors (Lipinski definition) is 1. The van der Waals surface area contributed by atoms with Gasteiger partial charge in [0.1, 0.15) is 5.75 Å². The summed E-state index contributed by atoms with van der Waals surface area (Å²) in [5.41, 5.74) is 0.993. The number of nitriles is 1. The molecular weight excluding hydrogens is 294 g/mol. The van der Waals surface area contributed by atoms with Crippen LogP contribution in [0.15, 0.2) is 18.2 Å². The molecule has 0 bridgehead atoms. The predicted octanol–water partition coefficient (Wildman–Crippen LogP) is 2.99. The molecule has 1 aliphatic heterocycles. The number of likely N-dealkylation sites (N-methyl/N-ethyl adjacent to an activating group) is 1. The maximum atomic E-state index is 12.5. The molecule has 0 saturated carbocycles. The van der Waals surface area contributed by atoms with E-state index in [1.165, 1.54) is 0 Å². The van der Waals surface area contributed by atoms with E-state index >= 15 is 0 Å². The summed E-state index contributed by atoms with van der Waals surface area (Å²) >= 11 is 0. The lowest BCUT2D eigenvalue weighted by Crippen LogP contribution is -2.40. The Labute approximate surface area is 137 Å². The third-order valence-corrected chi connectivity index (χ3v) is 3.77. The molecule has 1 fully saturated rings. The molecule has 0 spiro atoms. The largest absolute Gasteiger partial charge is 0.492 e. The Bertz CT molecular complexity index is 577. The molecule has 1 N–H and O–H groups in total. The third-order valence-electron chi connectivity index (χ3n) is 3.77. The third kappa shape index (κ3) is 4.60. The first-order valence-corrected chi connectivity index (χ1v) is 8.02. The van der Waals surface area contributed by atoms with Gasteiger partial charge >= 0.3 is 6.03 Å². The summed E-state index contributed by atoms with van der Waals surface area (Å²) in [6, 6.07) is 6.86. The van der Waals surface area contributed by atoms with Gasteiger partial charge in [-0.15, -0.1) is 0 Å². The molecule has 2 amide bonds.